The summed E-state index contributed by atoms with van der Waals surface area (Å²) in [6, 6.07) is 10.3. The van der Waals surface area contributed by atoms with Crippen LogP contribution in [-0.2, 0) is 6.54 Å². The molecule has 1 aromatic heterocycles. The van der Waals surface area contributed by atoms with Crippen molar-refractivity contribution in [1.82, 2.24) is 10.3 Å². The van der Waals surface area contributed by atoms with Crippen LogP contribution >= 0.6 is 0 Å². The van der Waals surface area contributed by atoms with Crippen molar-refractivity contribution in [2.24, 2.45) is 5.92 Å². The van der Waals surface area contributed by atoms with Gasteiger partial charge < -0.3 is 10.4 Å². The summed E-state index contributed by atoms with van der Waals surface area (Å²) in [4.78, 5) is 4.41. The van der Waals surface area contributed by atoms with Gasteiger partial charge in [0.2, 0.25) is 0 Å². The van der Waals surface area contributed by atoms with E-state index in [1.165, 1.54) is 23.8 Å². The van der Waals surface area contributed by atoms with E-state index < -0.39 is 0 Å². The second kappa shape index (κ2) is 6.12. The molecule has 1 fully saturated rings. The van der Waals surface area contributed by atoms with Crippen molar-refractivity contribution >= 4 is 10.9 Å². The van der Waals surface area contributed by atoms with Crippen molar-refractivity contribution in [2.45, 2.75) is 44.7 Å². The van der Waals surface area contributed by atoms with Gasteiger partial charge in [-0.25, -0.2) is 0 Å². The first kappa shape index (κ1) is 14.5. The largest absolute Gasteiger partial charge is 0.394 e. The molecule has 0 saturated heterocycles. The van der Waals surface area contributed by atoms with Crippen LogP contribution in [0.15, 0.2) is 36.5 Å². The van der Waals surface area contributed by atoms with Gasteiger partial charge in [-0.2, -0.15) is 0 Å². The van der Waals surface area contributed by atoms with Gasteiger partial charge in [-0.3, -0.25) is 4.98 Å². The predicted octanol–water partition coefficient (Wildman–Crippen LogP) is 3.27. The number of benzene rings is 1. The molecule has 1 saturated carbocycles. The Morgan fingerprint density at radius 3 is 3.00 bits per heavy atom. The molecule has 2 atom stereocenters. The smallest absolute Gasteiger partial charge is 0.0705 e. The number of hydrogen-bond acceptors (Lipinski definition) is 3. The van der Waals surface area contributed by atoms with Crippen LogP contribution in [0.2, 0.25) is 0 Å². The third-order valence-corrected chi connectivity index (χ3v) is 4.79. The van der Waals surface area contributed by atoms with Gasteiger partial charge in [0.25, 0.3) is 0 Å². The van der Waals surface area contributed by atoms with Crippen LogP contribution in [0.25, 0.3) is 10.9 Å². The topological polar surface area (TPSA) is 45.1 Å². The summed E-state index contributed by atoms with van der Waals surface area (Å²) in [6.45, 7) is 3.30. The molecule has 3 rings (SSSR count). The Morgan fingerprint density at radius 1 is 1.33 bits per heavy atom. The summed E-state index contributed by atoms with van der Waals surface area (Å²) in [5.41, 5.74) is 2.18. The quantitative estimate of drug-likeness (QED) is 0.905. The predicted molar refractivity (Wildman–Crippen MR) is 86.0 cm³/mol. The summed E-state index contributed by atoms with van der Waals surface area (Å²) < 4.78 is 0. The van der Waals surface area contributed by atoms with Crippen molar-refractivity contribution in [3.8, 4) is 0 Å². The standard InChI is InChI=1S/C18H24N2O/c1-14-5-4-9-18(11-14,13-21)20-12-15-8-10-19-17-7-3-2-6-16(15)17/h2-3,6-8,10,14,20-21H,4-5,9,11-13H2,1H3. The average molecular weight is 284 g/mol. The lowest BCUT2D eigenvalue weighted by Gasteiger charge is -2.39. The molecule has 0 radical (unpaired) electrons. The maximum Gasteiger partial charge on any atom is 0.0705 e. The zero-order valence-corrected chi connectivity index (χ0v) is 12.7. The van der Waals surface area contributed by atoms with Crippen LogP contribution in [0.3, 0.4) is 0 Å². The molecule has 2 unspecified atom stereocenters. The summed E-state index contributed by atoms with van der Waals surface area (Å²) >= 11 is 0. The molecule has 0 spiro atoms. The monoisotopic (exact) mass is 284 g/mol. The molecule has 1 heterocycles. The third-order valence-electron chi connectivity index (χ3n) is 4.79. The fraction of sp³-hybridized carbons (Fsp3) is 0.500. The number of para-hydroxylation sites is 1. The van der Waals surface area contributed by atoms with Crippen LogP contribution in [0.1, 0.15) is 38.2 Å². The van der Waals surface area contributed by atoms with E-state index in [2.05, 4.69) is 35.4 Å². The van der Waals surface area contributed by atoms with E-state index in [-0.39, 0.29) is 12.1 Å². The van der Waals surface area contributed by atoms with Gasteiger partial charge >= 0.3 is 0 Å². The van der Waals surface area contributed by atoms with Gasteiger partial charge in [-0.15, -0.1) is 0 Å². The van der Waals surface area contributed by atoms with Crippen LogP contribution in [-0.4, -0.2) is 22.2 Å². The van der Waals surface area contributed by atoms with Gasteiger partial charge in [0.1, 0.15) is 0 Å². The van der Waals surface area contributed by atoms with Crippen LogP contribution < -0.4 is 5.32 Å². The zero-order valence-electron chi connectivity index (χ0n) is 12.7. The van der Waals surface area contributed by atoms with Crippen molar-refractivity contribution in [3.63, 3.8) is 0 Å². The molecular formula is C18H24N2O. The lowest BCUT2D eigenvalue weighted by molar-refractivity contribution is 0.0983. The van der Waals surface area contributed by atoms with Crippen LogP contribution in [0.5, 0.6) is 0 Å². The average Bonchev–Trinajstić information content (AvgIpc) is 2.53. The van der Waals surface area contributed by atoms with Crippen molar-refractivity contribution in [3.05, 3.63) is 42.1 Å². The molecule has 2 N–H and O–H groups in total. The summed E-state index contributed by atoms with van der Waals surface area (Å²) in [6.07, 6.45) is 6.48. The third kappa shape index (κ3) is 3.09. The number of rotatable bonds is 4. The molecule has 21 heavy (non-hydrogen) atoms. The van der Waals surface area contributed by atoms with Crippen molar-refractivity contribution < 1.29 is 5.11 Å². The number of hydrogen-bond donors (Lipinski definition) is 2. The second-order valence-electron chi connectivity index (χ2n) is 6.48. The minimum atomic E-state index is -0.109. The fourth-order valence-electron chi connectivity index (χ4n) is 3.61. The molecule has 2 aromatic rings. The Bertz CT molecular complexity index is 608. The van der Waals surface area contributed by atoms with E-state index in [0.717, 1.165) is 24.9 Å². The molecule has 1 aromatic carbocycles. The van der Waals surface area contributed by atoms with E-state index >= 15 is 0 Å². The van der Waals surface area contributed by atoms with Gasteiger partial charge in [0, 0.05) is 23.7 Å². The Labute approximate surface area is 126 Å². The lowest BCUT2D eigenvalue weighted by Crippen LogP contribution is -2.51. The van der Waals surface area contributed by atoms with E-state index in [1.807, 2.05) is 18.3 Å². The Morgan fingerprint density at radius 2 is 2.19 bits per heavy atom. The van der Waals surface area contributed by atoms with Gasteiger partial charge in [-0.1, -0.05) is 38.0 Å². The van der Waals surface area contributed by atoms with Crippen LogP contribution in [0, 0.1) is 5.92 Å². The molecule has 1 aliphatic rings. The number of nitrogens with zero attached hydrogens (tertiary/aromatic N) is 1. The van der Waals surface area contributed by atoms with Gasteiger partial charge in [0.05, 0.1) is 12.1 Å². The Hall–Kier alpha value is -1.45. The molecule has 3 heteroatoms. The lowest BCUT2D eigenvalue weighted by atomic mass is 9.76. The highest BCUT2D eigenvalue weighted by Gasteiger charge is 2.33. The molecular weight excluding hydrogens is 260 g/mol. The van der Waals surface area contributed by atoms with E-state index in [9.17, 15) is 5.11 Å². The molecule has 0 bridgehead atoms. The minimum Gasteiger partial charge on any atom is -0.394 e. The summed E-state index contributed by atoms with van der Waals surface area (Å²) in [7, 11) is 0. The highest BCUT2D eigenvalue weighted by molar-refractivity contribution is 5.81. The van der Waals surface area contributed by atoms with Crippen molar-refractivity contribution in [2.75, 3.05) is 6.61 Å². The van der Waals surface area contributed by atoms with Gasteiger partial charge in [-0.05, 0) is 36.5 Å². The number of pyridine rings is 1. The first-order valence-electron chi connectivity index (χ1n) is 7.91. The first-order chi connectivity index (χ1) is 10.2. The van der Waals surface area contributed by atoms with Gasteiger partial charge in [0.15, 0.2) is 0 Å². The summed E-state index contributed by atoms with van der Waals surface area (Å²) in [5, 5.41) is 14.7. The molecule has 3 nitrogen and oxygen atoms in total. The second-order valence-corrected chi connectivity index (χ2v) is 6.48. The number of aromatic nitrogens is 1. The molecule has 112 valence electrons. The normalized spacial score (nSPS) is 26.1. The number of aliphatic hydroxyl groups excluding tert-OH is 1. The number of fused-ring (bicyclic) bond motifs is 1. The first-order valence-corrected chi connectivity index (χ1v) is 7.91. The summed E-state index contributed by atoms with van der Waals surface area (Å²) in [5.74, 6) is 0.688. The Balaban J connectivity index is 1.79. The fourth-order valence-corrected chi connectivity index (χ4v) is 3.61. The minimum absolute atomic E-state index is 0.109. The highest BCUT2D eigenvalue weighted by Crippen LogP contribution is 2.32. The maximum absolute atomic E-state index is 9.88. The van der Waals surface area contributed by atoms with Crippen LogP contribution in [0.4, 0.5) is 0 Å². The van der Waals surface area contributed by atoms with E-state index in [0.29, 0.717) is 5.92 Å². The van der Waals surface area contributed by atoms with Crippen molar-refractivity contribution in [1.29, 1.82) is 0 Å². The highest BCUT2D eigenvalue weighted by atomic mass is 16.3. The number of nitrogens with one attached hydrogen (secondary N) is 1. The van der Waals surface area contributed by atoms with E-state index in [4.69, 9.17) is 0 Å². The van der Waals surface area contributed by atoms with E-state index in [1.54, 1.807) is 0 Å². The number of aliphatic hydroxyl groups is 1. The zero-order chi connectivity index (χ0) is 14.7. The SMILES string of the molecule is CC1CCCC(CO)(NCc2ccnc3ccccc23)C1. The Kier molecular flexibility index (Phi) is 4.22. The molecule has 0 aliphatic heterocycles. The maximum atomic E-state index is 9.88. The molecule has 1 aliphatic carbocycles. The molecule has 0 amide bonds.